The van der Waals surface area contributed by atoms with Gasteiger partial charge in [0.2, 0.25) is 0 Å². The normalized spacial score (nSPS) is 14.2. The summed E-state index contributed by atoms with van der Waals surface area (Å²) < 4.78 is 1.27. The van der Waals surface area contributed by atoms with Crippen LogP contribution in [0.3, 0.4) is 0 Å². The van der Waals surface area contributed by atoms with Crippen molar-refractivity contribution in [3.63, 3.8) is 0 Å². The van der Waals surface area contributed by atoms with Crippen molar-refractivity contribution < 1.29 is 0 Å². The van der Waals surface area contributed by atoms with Gasteiger partial charge in [0.05, 0.1) is 0 Å². The summed E-state index contributed by atoms with van der Waals surface area (Å²) in [5.41, 5.74) is 2.58. The Hall–Kier alpha value is -0.940. The number of nitrogens with zero attached hydrogens (tertiary/aromatic N) is 1. The topological polar surface area (TPSA) is 24.9 Å². The SMILES string of the molecule is CC(NC(C)c1ccc(I)cc1)c1ccncc1. The molecule has 2 rings (SSSR count). The van der Waals surface area contributed by atoms with E-state index in [1.54, 1.807) is 0 Å². The van der Waals surface area contributed by atoms with Crippen LogP contribution in [0.5, 0.6) is 0 Å². The Morgan fingerprint density at radius 2 is 1.39 bits per heavy atom. The molecule has 0 amide bonds. The lowest BCUT2D eigenvalue weighted by Crippen LogP contribution is -2.22. The summed E-state index contributed by atoms with van der Waals surface area (Å²) in [5.74, 6) is 0. The van der Waals surface area contributed by atoms with Crippen LogP contribution in [-0.2, 0) is 0 Å². The third kappa shape index (κ3) is 3.53. The number of halogens is 1. The van der Waals surface area contributed by atoms with Gasteiger partial charge in [-0.25, -0.2) is 0 Å². The third-order valence-corrected chi connectivity index (χ3v) is 3.80. The summed E-state index contributed by atoms with van der Waals surface area (Å²) >= 11 is 2.33. The van der Waals surface area contributed by atoms with Crippen molar-refractivity contribution in [2.24, 2.45) is 0 Å². The number of nitrogens with one attached hydrogen (secondary N) is 1. The molecule has 0 saturated heterocycles. The first kappa shape index (κ1) is 13.5. The Labute approximate surface area is 122 Å². The maximum Gasteiger partial charge on any atom is 0.0298 e. The maximum absolute atomic E-state index is 4.05. The largest absolute Gasteiger partial charge is 0.304 e. The smallest absolute Gasteiger partial charge is 0.0298 e. The van der Waals surface area contributed by atoms with Crippen molar-refractivity contribution in [3.8, 4) is 0 Å². The Balaban J connectivity index is 2.03. The summed E-state index contributed by atoms with van der Waals surface area (Å²) in [6, 6.07) is 13.4. The minimum atomic E-state index is 0.322. The highest BCUT2D eigenvalue weighted by atomic mass is 127. The van der Waals surface area contributed by atoms with E-state index in [0.717, 1.165) is 0 Å². The average molecular weight is 352 g/mol. The van der Waals surface area contributed by atoms with E-state index >= 15 is 0 Å². The molecule has 3 heteroatoms. The van der Waals surface area contributed by atoms with Gasteiger partial charge in [0, 0.05) is 28.0 Å². The molecular formula is C15H17IN2. The molecule has 0 aliphatic carbocycles. The molecule has 0 spiro atoms. The molecule has 94 valence electrons. The van der Waals surface area contributed by atoms with Crippen LogP contribution in [0.15, 0.2) is 48.8 Å². The van der Waals surface area contributed by atoms with Crippen LogP contribution >= 0.6 is 22.6 Å². The third-order valence-electron chi connectivity index (χ3n) is 3.08. The Morgan fingerprint density at radius 3 is 1.94 bits per heavy atom. The van der Waals surface area contributed by atoms with Crippen molar-refractivity contribution in [1.82, 2.24) is 10.3 Å². The molecule has 1 aromatic carbocycles. The lowest BCUT2D eigenvalue weighted by Gasteiger charge is -2.20. The van der Waals surface area contributed by atoms with Crippen molar-refractivity contribution >= 4 is 22.6 Å². The Kier molecular flexibility index (Phi) is 4.72. The zero-order valence-corrected chi connectivity index (χ0v) is 12.8. The van der Waals surface area contributed by atoms with E-state index in [1.807, 2.05) is 12.4 Å². The molecule has 0 radical (unpaired) electrons. The van der Waals surface area contributed by atoms with Crippen LogP contribution in [-0.4, -0.2) is 4.98 Å². The second kappa shape index (κ2) is 6.29. The van der Waals surface area contributed by atoms with Gasteiger partial charge in [-0.3, -0.25) is 4.98 Å². The van der Waals surface area contributed by atoms with Gasteiger partial charge in [-0.15, -0.1) is 0 Å². The molecule has 1 heterocycles. The number of pyridine rings is 1. The zero-order valence-electron chi connectivity index (χ0n) is 10.6. The minimum absolute atomic E-state index is 0.322. The highest BCUT2D eigenvalue weighted by Gasteiger charge is 2.10. The monoisotopic (exact) mass is 352 g/mol. The Bertz CT molecular complexity index is 482. The molecule has 0 fully saturated rings. The quantitative estimate of drug-likeness (QED) is 0.839. The van der Waals surface area contributed by atoms with Crippen LogP contribution in [0.2, 0.25) is 0 Å². The number of hydrogen-bond acceptors (Lipinski definition) is 2. The number of aromatic nitrogens is 1. The van der Waals surface area contributed by atoms with Gasteiger partial charge in [0.25, 0.3) is 0 Å². The van der Waals surface area contributed by atoms with Gasteiger partial charge in [0.15, 0.2) is 0 Å². The molecule has 2 nitrogen and oxygen atoms in total. The zero-order chi connectivity index (χ0) is 13.0. The van der Waals surface area contributed by atoms with Gasteiger partial charge in [-0.2, -0.15) is 0 Å². The van der Waals surface area contributed by atoms with Crippen LogP contribution in [0, 0.1) is 3.57 Å². The van der Waals surface area contributed by atoms with Crippen LogP contribution in [0.25, 0.3) is 0 Å². The predicted molar refractivity (Wildman–Crippen MR) is 83.4 cm³/mol. The molecule has 0 bridgehead atoms. The van der Waals surface area contributed by atoms with E-state index in [1.165, 1.54) is 14.7 Å². The molecule has 1 aromatic heterocycles. The molecule has 0 aliphatic heterocycles. The van der Waals surface area contributed by atoms with E-state index in [0.29, 0.717) is 12.1 Å². The standard InChI is InChI=1S/C15H17IN2/c1-11(13-3-5-15(16)6-4-13)18-12(2)14-7-9-17-10-8-14/h3-12,18H,1-2H3. The van der Waals surface area contributed by atoms with Gasteiger partial charge in [-0.05, 0) is 71.8 Å². The van der Waals surface area contributed by atoms with Crippen molar-refractivity contribution in [2.45, 2.75) is 25.9 Å². The minimum Gasteiger partial charge on any atom is -0.304 e. The fraction of sp³-hybridized carbons (Fsp3) is 0.267. The molecule has 0 saturated carbocycles. The van der Waals surface area contributed by atoms with Gasteiger partial charge < -0.3 is 5.32 Å². The maximum atomic E-state index is 4.05. The van der Waals surface area contributed by atoms with Crippen molar-refractivity contribution in [2.75, 3.05) is 0 Å². The first-order valence-corrected chi connectivity index (χ1v) is 7.16. The van der Waals surface area contributed by atoms with Crippen molar-refractivity contribution in [3.05, 3.63) is 63.5 Å². The summed E-state index contributed by atoms with van der Waals surface area (Å²) in [7, 11) is 0. The fourth-order valence-electron chi connectivity index (χ4n) is 1.97. The van der Waals surface area contributed by atoms with Gasteiger partial charge >= 0.3 is 0 Å². The predicted octanol–water partition coefficient (Wildman–Crippen LogP) is 4.10. The second-order valence-electron chi connectivity index (χ2n) is 4.44. The van der Waals surface area contributed by atoms with Gasteiger partial charge in [-0.1, -0.05) is 12.1 Å². The number of hydrogen-bond donors (Lipinski definition) is 1. The first-order valence-electron chi connectivity index (χ1n) is 6.08. The van der Waals surface area contributed by atoms with E-state index in [2.05, 4.69) is 83.1 Å². The molecular weight excluding hydrogens is 335 g/mol. The number of benzene rings is 1. The Morgan fingerprint density at radius 1 is 0.889 bits per heavy atom. The molecule has 2 unspecified atom stereocenters. The molecule has 18 heavy (non-hydrogen) atoms. The van der Waals surface area contributed by atoms with E-state index < -0.39 is 0 Å². The first-order chi connectivity index (χ1) is 8.66. The average Bonchev–Trinajstić information content (AvgIpc) is 2.40. The molecule has 0 aliphatic rings. The summed E-state index contributed by atoms with van der Waals surface area (Å²) in [6.45, 7) is 4.37. The van der Waals surface area contributed by atoms with E-state index in [4.69, 9.17) is 0 Å². The molecule has 2 aromatic rings. The lowest BCUT2D eigenvalue weighted by molar-refractivity contribution is 0.494. The molecule has 2 atom stereocenters. The van der Waals surface area contributed by atoms with E-state index in [-0.39, 0.29) is 0 Å². The second-order valence-corrected chi connectivity index (χ2v) is 5.69. The fourth-order valence-corrected chi connectivity index (χ4v) is 2.33. The van der Waals surface area contributed by atoms with Crippen molar-refractivity contribution in [1.29, 1.82) is 0 Å². The van der Waals surface area contributed by atoms with Crippen LogP contribution in [0.4, 0.5) is 0 Å². The number of rotatable bonds is 4. The summed E-state index contributed by atoms with van der Waals surface area (Å²) in [5, 5.41) is 3.60. The van der Waals surface area contributed by atoms with Crippen LogP contribution in [0.1, 0.15) is 37.1 Å². The highest BCUT2D eigenvalue weighted by molar-refractivity contribution is 14.1. The highest BCUT2D eigenvalue weighted by Crippen LogP contribution is 2.19. The lowest BCUT2D eigenvalue weighted by atomic mass is 10.1. The summed E-state index contributed by atoms with van der Waals surface area (Å²) in [4.78, 5) is 4.05. The van der Waals surface area contributed by atoms with Crippen LogP contribution < -0.4 is 5.32 Å². The van der Waals surface area contributed by atoms with Gasteiger partial charge in [0.1, 0.15) is 0 Å². The molecule has 1 N–H and O–H groups in total. The van der Waals surface area contributed by atoms with E-state index in [9.17, 15) is 0 Å². The summed E-state index contributed by atoms with van der Waals surface area (Å²) in [6.07, 6.45) is 3.67.